The first-order chi connectivity index (χ1) is 8.70. The Kier molecular flexibility index (Phi) is 3.59. The van der Waals surface area contributed by atoms with Crippen molar-refractivity contribution in [1.29, 1.82) is 0 Å². The molecule has 0 spiro atoms. The minimum absolute atomic E-state index is 0.0186. The van der Waals surface area contributed by atoms with Gasteiger partial charge in [-0.2, -0.15) is 5.10 Å². The van der Waals surface area contributed by atoms with Crippen LogP contribution in [0.2, 0.25) is 0 Å². The van der Waals surface area contributed by atoms with Crippen LogP contribution in [-0.2, 0) is 13.2 Å². The summed E-state index contributed by atoms with van der Waals surface area (Å²) in [5, 5.41) is 17.9. The molecule has 1 amide bonds. The Hall–Kier alpha value is -2.34. The second kappa shape index (κ2) is 5.33. The third-order valence-corrected chi connectivity index (χ3v) is 2.52. The number of aromatic nitrogens is 2. The van der Waals surface area contributed by atoms with E-state index in [1.165, 1.54) is 6.20 Å². The number of anilines is 1. The van der Waals surface area contributed by atoms with Gasteiger partial charge in [0.25, 0.3) is 5.91 Å². The smallest absolute Gasteiger partial charge is 0.271 e. The Balaban J connectivity index is 1.99. The van der Waals surface area contributed by atoms with Gasteiger partial charge < -0.3 is 16.2 Å². The van der Waals surface area contributed by atoms with Crippen molar-refractivity contribution in [3.8, 4) is 0 Å². The largest absolute Gasteiger partial charge is 0.396 e. The zero-order valence-electron chi connectivity index (χ0n) is 9.68. The average molecular weight is 246 g/mol. The summed E-state index contributed by atoms with van der Waals surface area (Å²) in [4.78, 5) is 11.7. The summed E-state index contributed by atoms with van der Waals surface area (Å²) in [6.45, 7) is 0.348. The van der Waals surface area contributed by atoms with Crippen molar-refractivity contribution in [2.45, 2.75) is 13.2 Å². The van der Waals surface area contributed by atoms with Crippen LogP contribution < -0.4 is 11.1 Å². The topological polar surface area (TPSA) is 104 Å². The van der Waals surface area contributed by atoms with Gasteiger partial charge in [0.2, 0.25) is 0 Å². The Morgan fingerprint density at radius 3 is 2.89 bits per heavy atom. The molecule has 2 rings (SSSR count). The van der Waals surface area contributed by atoms with Crippen molar-refractivity contribution in [3.05, 3.63) is 47.3 Å². The average Bonchev–Trinajstić information content (AvgIpc) is 2.82. The Morgan fingerprint density at radius 1 is 1.44 bits per heavy atom. The summed E-state index contributed by atoms with van der Waals surface area (Å²) in [5.74, 6) is -0.306. The standard InChI is InChI=1S/C12H14N4O2/c13-10-6-15-16-11(10)12(18)14-5-8-2-1-3-9(4-8)7-17/h1-4,6,17H,5,7,13H2,(H,14,18)(H,15,16). The normalized spacial score (nSPS) is 10.3. The molecule has 0 bridgehead atoms. The maximum absolute atomic E-state index is 11.7. The summed E-state index contributed by atoms with van der Waals surface area (Å²) in [6.07, 6.45) is 1.39. The molecule has 6 heteroatoms. The molecule has 0 radical (unpaired) electrons. The number of nitrogens with zero attached hydrogens (tertiary/aromatic N) is 1. The third-order valence-electron chi connectivity index (χ3n) is 2.52. The molecule has 5 N–H and O–H groups in total. The molecule has 0 aliphatic carbocycles. The van der Waals surface area contributed by atoms with Gasteiger partial charge in [0, 0.05) is 6.54 Å². The molecular weight excluding hydrogens is 232 g/mol. The molecule has 0 saturated heterocycles. The fourth-order valence-electron chi connectivity index (χ4n) is 1.59. The zero-order valence-corrected chi connectivity index (χ0v) is 9.68. The molecule has 0 aliphatic rings. The molecule has 94 valence electrons. The second-order valence-electron chi connectivity index (χ2n) is 3.86. The summed E-state index contributed by atoms with van der Waals surface area (Å²) < 4.78 is 0. The maximum Gasteiger partial charge on any atom is 0.271 e. The number of carbonyl (C=O) groups excluding carboxylic acids is 1. The molecule has 0 unspecified atom stereocenters. The Bertz CT molecular complexity index is 551. The zero-order chi connectivity index (χ0) is 13.0. The van der Waals surface area contributed by atoms with Crippen LogP contribution in [0, 0.1) is 0 Å². The summed E-state index contributed by atoms with van der Waals surface area (Å²) in [6, 6.07) is 7.35. The van der Waals surface area contributed by atoms with Crippen molar-refractivity contribution in [1.82, 2.24) is 15.5 Å². The minimum atomic E-state index is -0.306. The van der Waals surface area contributed by atoms with Gasteiger partial charge >= 0.3 is 0 Å². The predicted molar refractivity (Wildman–Crippen MR) is 66.5 cm³/mol. The predicted octanol–water partition coefficient (Wildman–Crippen LogP) is 0.414. The van der Waals surface area contributed by atoms with Crippen LogP contribution in [-0.4, -0.2) is 21.2 Å². The molecule has 0 atom stereocenters. The molecule has 0 saturated carbocycles. The number of aromatic amines is 1. The van der Waals surface area contributed by atoms with Crippen molar-refractivity contribution in [3.63, 3.8) is 0 Å². The van der Waals surface area contributed by atoms with Gasteiger partial charge in [-0.05, 0) is 11.1 Å². The van der Waals surface area contributed by atoms with Crippen molar-refractivity contribution >= 4 is 11.6 Å². The van der Waals surface area contributed by atoms with Gasteiger partial charge in [-0.1, -0.05) is 24.3 Å². The van der Waals surface area contributed by atoms with Gasteiger partial charge in [-0.3, -0.25) is 9.89 Å². The van der Waals surface area contributed by atoms with Crippen molar-refractivity contribution in [2.24, 2.45) is 0 Å². The lowest BCUT2D eigenvalue weighted by Crippen LogP contribution is -2.24. The first-order valence-corrected chi connectivity index (χ1v) is 5.46. The maximum atomic E-state index is 11.7. The lowest BCUT2D eigenvalue weighted by molar-refractivity contribution is 0.0947. The molecule has 1 heterocycles. The van der Waals surface area contributed by atoms with E-state index in [9.17, 15) is 4.79 Å². The molecule has 2 aromatic rings. The van der Waals surface area contributed by atoms with Gasteiger partial charge in [-0.15, -0.1) is 0 Å². The van der Waals surface area contributed by atoms with E-state index in [0.717, 1.165) is 11.1 Å². The van der Waals surface area contributed by atoms with Crippen LogP contribution in [0.25, 0.3) is 0 Å². The highest BCUT2D eigenvalue weighted by molar-refractivity contribution is 5.96. The number of hydrogen-bond acceptors (Lipinski definition) is 4. The highest BCUT2D eigenvalue weighted by Crippen LogP contribution is 2.07. The van der Waals surface area contributed by atoms with Crippen LogP contribution in [0.3, 0.4) is 0 Å². The molecular formula is C12H14N4O2. The number of carbonyl (C=O) groups is 1. The first-order valence-electron chi connectivity index (χ1n) is 5.46. The van der Waals surface area contributed by atoms with Crippen molar-refractivity contribution < 1.29 is 9.90 Å². The number of aliphatic hydroxyl groups excluding tert-OH is 1. The number of rotatable bonds is 4. The van der Waals surface area contributed by atoms with E-state index in [-0.39, 0.29) is 18.2 Å². The van der Waals surface area contributed by atoms with Crippen LogP contribution in [0.4, 0.5) is 5.69 Å². The van der Waals surface area contributed by atoms with Crippen LogP contribution in [0.5, 0.6) is 0 Å². The number of aliphatic hydroxyl groups is 1. The number of H-pyrrole nitrogens is 1. The number of benzene rings is 1. The molecule has 0 aliphatic heterocycles. The fraction of sp³-hybridized carbons (Fsp3) is 0.167. The third kappa shape index (κ3) is 2.67. The van der Waals surface area contributed by atoms with Gasteiger partial charge in [-0.25, -0.2) is 0 Å². The van der Waals surface area contributed by atoms with E-state index >= 15 is 0 Å². The number of hydrogen-bond donors (Lipinski definition) is 4. The van der Waals surface area contributed by atoms with Crippen LogP contribution in [0.1, 0.15) is 21.6 Å². The summed E-state index contributed by atoms with van der Waals surface area (Å²) in [7, 11) is 0. The van der Waals surface area contributed by atoms with E-state index in [2.05, 4.69) is 15.5 Å². The number of nitrogens with one attached hydrogen (secondary N) is 2. The molecule has 18 heavy (non-hydrogen) atoms. The van der Waals surface area contributed by atoms with Crippen molar-refractivity contribution in [2.75, 3.05) is 5.73 Å². The Morgan fingerprint density at radius 2 is 2.22 bits per heavy atom. The lowest BCUT2D eigenvalue weighted by atomic mass is 10.1. The monoisotopic (exact) mass is 246 g/mol. The quantitative estimate of drug-likeness (QED) is 0.627. The van der Waals surface area contributed by atoms with E-state index in [1.54, 1.807) is 0 Å². The highest BCUT2D eigenvalue weighted by Gasteiger charge is 2.10. The second-order valence-corrected chi connectivity index (χ2v) is 3.86. The summed E-state index contributed by atoms with van der Waals surface area (Å²) >= 11 is 0. The van der Waals surface area contributed by atoms with E-state index < -0.39 is 0 Å². The molecule has 1 aromatic heterocycles. The SMILES string of the molecule is Nc1cn[nH]c1C(=O)NCc1cccc(CO)c1. The van der Waals surface area contributed by atoms with Gasteiger partial charge in [0.1, 0.15) is 5.69 Å². The fourth-order valence-corrected chi connectivity index (χ4v) is 1.59. The van der Waals surface area contributed by atoms with Crippen LogP contribution >= 0.6 is 0 Å². The Labute approximate surface area is 104 Å². The highest BCUT2D eigenvalue weighted by atomic mass is 16.3. The number of nitrogen functional groups attached to an aromatic ring is 1. The summed E-state index contributed by atoms with van der Waals surface area (Å²) in [5.41, 5.74) is 7.86. The van der Waals surface area contributed by atoms with Gasteiger partial charge in [0.05, 0.1) is 18.5 Å². The first kappa shape index (κ1) is 12.1. The van der Waals surface area contributed by atoms with E-state index in [0.29, 0.717) is 12.2 Å². The lowest BCUT2D eigenvalue weighted by Gasteiger charge is -2.05. The van der Waals surface area contributed by atoms with Crippen LogP contribution in [0.15, 0.2) is 30.5 Å². The molecule has 6 nitrogen and oxygen atoms in total. The minimum Gasteiger partial charge on any atom is -0.396 e. The van der Waals surface area contributed by atoms with E-state index in [1.807, 2.05) is 24.3 Å². The van der Waals surface area contributed by atoms with Gasteiger partial charge in [0.15, 0.2) is 0 Å². The number of nitrogens with two attached hydrogens (primary N) is 1. The molecule has 0 fully saturated rings. The molecule has 1 aromatic carbocycles. The van der Waals surface area contributed by atoms with E-state index in [4.69, 9.17) is 10.8 Å². The number of amides is 1.